The molecule has 9 heteroatoms. The Morgan fingerprint density at radius 2 is 2.34 bits per heavy atom. The molecule has 1 atom stereocenters. The van der Waals surface area contributed by atoms with Crippen molar-refractivity contribution in [2.24, 2.45) is 0 Å². The zero-order chi connectivity index (χ0) is 20.1. The molecule has 0 saturated carbocycles. The maximum absolute atomic E-state index is 12.9. The first-order chi connectivity index (χ1) is 14.2. The Hall–Kier alpha value is -2.07. The molecular weight excluding hydrogens is 410 g/mol. The molecule has 4 heterocycles. The summed E-state index contributed by atoms with van der Waals surface area (Å²) in [5.74, 6) is -0.208. The van der Waals surface area contributed by atoms with Crippen molar-refractivity contribution in [2.75, 3.05) is 26.4 Å². The average molecular weight is 434 g/mol. The van der Waals surface area contributed by atoms with E-state index in [1.807, 2.05) is 22.9 Å². The minimum atomic E-state index is -0.208. The number of hydrogen-bond acceptors (Lipinski definition) is 7. The van der Waals surface area contributed by atoms with Gasteiger partial charge in [-0.05, 0) is 30.7 Å². The molecule has 0 bridgehead atoms. The maximum Gasteiger partial charge on any atom is 0.263 e. The molecule has 1 amide bonds. The molecule has 0 radical (unpaired) electrons. The van der Waals surface area contributed by atoms with Crippen LogP contribution in [0.5, 0.6) is 0 Å². The minimum Gasteiger partial charge on any atom is -0.379 e. The summed E-state index contributed by atoms with van der Waals surface area (Å²) in [6, 6.07) is 3.94. The fraction of sp³-hybridized carbons (Fsp3) is 0.450. The van der Waals surface area contributed by atoms with E-state index in [0.717, 1.165) is 36.3 Å². The summed E-state index contributed by atoms with van der Waals surface area (Å²) in [6.07, 6.45) is 4.54. The lowest BCUT2D eigenvalue weighted by Gasteiger charge is -2.10. The standard InChI is InChI=1S/C20H23N3O4S2/c24-17(21-6-3-7-26-11-14-4-1-8-27-14)10-23-13-22-19-18(20(23)25)15(12-29-19)16-5-2-9-28-16/h2,5,9,12-14H,1,3-4,6-8,10-11H2,(H,21,24). The van der Waals surface area contributed by atoms with Gasteiger partial charge in [0, 0.05) is 35.6 Å². The zero-order valence-corrected chi connectivity index (χ0v) is 17.6. The zero-order valence-electron chi connectivity index (χ0n) is 16.0. The highest BCUT2D eigenvalue weighted by Gasteiger charge is 2.16. The Kier molecular flexibility index (Phi) is 6.70. The molecule has 0 aliphatic carbocycles. The van der Waals surface area contributed by atoms with E-state index in [1.54, 1.807) is 11.3 Å². The third-order valence-corrected chi connectivity index (χ3v) is 6.57. The fourth-order valence-electron chi connectivity index (χ4n) is 3.30. The molecule has 4 rings (SSSR count). The maximum atomic E-state index is 12.9. The number of fused-ring (bicyclic) bond motifs is 1. The highest BCUT2D eigenvalue weighted by Crippen LogP contribution is 2.33. The Balaban J connectivity index is 1.29. The third kappa shape index (κ3) is 4.92. The first kappa shape index (κ1) is 20.2. The number of ether oxygens (including phenoxy) is 2. The predicted octanol–water partition coefficient (Wildman–Crippen LogP) is 2.89. The van der Waals surface area contributed by atoms with Crippen molar-refractivity contribution in [1.82, 2.24) is 14.9 Å². The van der Waals surface area contributed by atoms with Crippen molar-refractivity contribution in [2.45, 2.75) is 31.9 Å². The molecule has 3 aromatic rings. The van der Waals surface area contributed by atoms with Gasteiger partial charge >= 0.3 is 0 Å². The highest BCUT2D eigenvalue weighted by molar-refractivity contribution is 7.18. The Bertz CT molecular complexity index is 1010. The van der Waals surface area contributed by atoms with Crippen LogP contribution in [0.3, 0.4) is 0 Å². The molecule has 1 aliphatic heterocycles. The molecule has 1 fully saturated rings. The lowest BCUT2D eigenvalue weighted by molar-refractivity contribution is -0.121. The van der Waals surface area contributed by atoms with Gasteiger partial charge in [-0.3, -0.25) is 14.2 Å². The van der Waals surface area contributed by atoms with Crippen molar-refractivity contribution in [3.8, 4) is 10.4 Å². The molecule has 3 aromatic heterocycles. The quantitative estimate of drug-likeness (QED) is 0.525. The molecule has 154 valence electrons. The van der Waals surface area contributed by atoms with E-state index in [-0.39, 0.29) is 24.1 Å². The van der Waals surface area contributed by atoms with E-state index < -0.39 is 0 Å². The summed E-state index contributed by atoms with van der Waals surface area (Å²) in [6.45, 7) is 2.48. The van der Waals surface area contributed by atoms with E-state index >= 15 is 0 Å². The molecule has 1 unspecified atom stereocenters. The van der Waals surface area contributed by atoms with Crippen LogP contribution < -0.4 is 10.9 Å². The summed E-state index contributed by atoms with van der Waals surface area (Å²) in [7, 11) is 0. The number of thiophene rings is 2. The molecule has 29 heavy (non-hydrogen) atoms. The number of nitrogens with zero attached hydrogens (tertiary/aromatic N) is 2. The van der Waals surface area contributed by atoms with E-state index in [4.69, 9.17) is 9.47 Å². The van der Waals surface area contributed by atoms with E-state index in [0.29, 0.717) is 30.0 Å². The van der Waals surface area contributed by atoms with Crippen LogP contribution in [0.2, 0.25) is 0 Å². The Morgan fingerprint density at radius 3 is 3.14 bits per heavy atom. The number of rotatable bonds is 9. The molecular formula is C20H23N3O4S2. The second-order valence-corrected chi connectivity index (χ2v) is 8.70. The Morgan fingerprint density at radius 1 is 1.41 bits per heavy atom. The molecule has 7 nitrogen and oxygen atoms in total. The Labute approximate surface area is 176 Å². The van der Waals surface area contributed by atoms with Crippen LogP contribution in [0.1, 0.15) is 19.3 Å². The number of amides is 1. The van der Waals surface area contributed by atoms with Gasteiger partial charge in [-0.2, -0.15) is 0 Å². The van der Waals surface area contributed by atoms with Crippen LogP contribution in [0, 0.1) is 0 Å². The molecule has 0 aromatic carbocycles. The van der Waals surface area contributed by atoms with Gasteiger partial charge in [0.15, 0.2) is 0 Å². The van der Waals surface area contributed by atoms with Gasteiger partial charge in [0.05, 0.1) is 24.4 Å². The van der Waals surface area contributed by atoms with Gasteiger partial charge in [0.1, 0.15) is 11.4 Å². The second kappa shape index (κ2) is 9.62. The van der Waals surface area contributed by atoms with Gasteiger partial charge in [0.2, 0.25) is 5.91 Å². The number of carbonyl (C=O) groups is 1. The van der Waals surface area contributed by atoms with Crippen molar-refractivity contribution in [3.05, 3.63) is 39.6 Å². The van der Waals surface area contributed by atoms with Crippen LogP contribution >= 0.6 is 22.7 Å². The molecule has 1 aliphatic rings. The first-order valence-electron chi connectivity index (χ1n) is 9.69. The normalized spacial score (nSPS) is 16.5. The highest BCUT2D eigenvalue weighted by atomic mass is 32.1. The van der Waals surface area contributed by atoms with E-state index in [2.05, 4.69) is 10.3 Å². The summed E-state index contributed by atoms with van der Waals surface area (Å²) in [4.78, 5) is 31.2. The molecule has 1 N–H and O–H groups in total. The van der Waals surface area contributed by atoms with Crippen LogP contribution in [0.4, 0.5) is 0 Å². The first-order valence-corrected chi connectivity index (χ1v) is 11.4. The number of aromatic nitrogens is 2. The SMILES string of the molecule is O=C(Cn1cnc2scc(-c3cccs3)c2c1=O)NCCCOCC1CCCO1. The molecule has 1 saturated heterocycles. The predicted molar refractivity (Wildman–Crippen MR) is 115 cm³/mol. The summed E-state index contributed by atoms with van der Waals surface area (Å²) in [5, 5.41) is 7.34. The number of nitrogens with one attached hydrogen (secondary N) is 1. The van der Waals surface area contributed by atoms with Crippen LogP contribution in [0.15, 0.2) is 34.0 Å². The minimum absolute atomic E-state index is 0.0434. The smallest absolute Gasteiger partial charge is 0.263 e. The lowest BCUT2D eigenvalue weighted by Crippen LogP contribution is -2.33. The van der Waals surface area contributed by atoms with E-state index in [9.17, 15) is 9.59 Å². The van der Waals surface area contributed by atoms with Crippen molar-refractivity contribution >= 4 is 38.8 Å². The van der Waals surface area contributed by atoms with Crippen LogP contribution in [-0.2, 0) is 20.8 Å². The van der Waals surface area contributed by atoms with Gasteiger partial charge in [-0.25, -0.2) is 4.98 Å². The summed E-state index contributed by atoms with van der Waals surface area (Å²) < 4.78 is 12.5. The fourth-order valence-corrected chi connectivity index (χ4v) is 5.02. The van der Waals surface area contributed by atoms with Crippen LogP contribution in [-0.4, -0.2) is 47.9 Å². The summed E-state index contributed by atoms with van der Waals surface area (Å²) in [5.41, 5.74) is 0.699. The van der Waals surface area contributed by atoms with Crippen molar-refractivity contribution < 1.29 is 14.3 Å². The third-order valence-electron chi connectivity index (χ3n) is 4.78. The largest absolute Gasteiger partial charge is 0.379 e. The van der Waals surface area contributed by atoms with E-state index in [1.165, 1.54) is 22.2 Å². The lowest BCUT2D eigenvalue weighted by atomic mass is 10.2. The second-order valence-electron chi connectivity index (χ2n) is 6.90. The van der Waals surface area contributed by atoms with Crippen molar-refractivity contribution in [3.63, 3.8) is 0 Å². The number of carbonyl (C=O) groups excluding carboxylic acids is 1. The summed E-state index contributed by atoms with van der Waals surface area (Å²) >= 11 is 3.02. The van der Waals surface area contributed by atoms with Gasteiger partial charge in [0.25, 0.3) is 5.56 Å². The molecule has 0 spiro atoms. The monoisotopic (exact) mass is 433 g/mol. The van der Waals surface area contributed by atoms with Gasteiger partial charge in [-0.15, -0.1) is 22.7 Å². The van der Waals surface area contributed by atoms with Gasteiger partial charge in [-0.1, -0.05) is 6.07 Å². The number of hydrogen-bond donors (Lipinski definition) is 1. The van der Waals surface area contributed by atoms with Crippen LogP contribution in [0.25, 0.3) is 20.7 Å². The average Bonchev–Trinajstić information content (AvgIpc) is 3.47. The van der Waals surface area contributed by atoms with Crippen molar-refractivity contribution in [1.29, 1.82) is 0 Å². The topological polar surface area (TPSA) is 82.5 Å². The van der Waals surface area contributed by atoms with Gasteiger partial charge < -0.3 is 14.8 Å².